The van der Waals surface area contributed by atoms with Gasteiger partial charge >= 0.3 is 0 Å². The fourth-order valence-electron chi connectivity index (χ4n) is 4.31. The lowest BCUT2D eigenvalue weighted by Gasteiger charge is -2.32. The van der Waals surface area contributed by atoms with Gasteiger partial charge in [-0.15, -0.1) is 0 Å². The van der Waals surface area contributed by atoms with Gasteiger partial charge in [-0.2, -0.15) is 0 Å². The summed E-state index contributed by atoms with van der Waals surface area (Å²) >= 11 is 12.1. The summed E-state index contributed by atoms with van der Waals surface area (Å²) in [7, 11) is 0. The number of benzene rings is 2. The van der Waals surface area contributed by atoms with Crippen molar-refractivity contribution in [2.45, 2.75) is 25.8 Å². The third-order valence-corrected chi connectivity index (χ3v) is 6.79. The fraction of sp³-hybridized carbons (Fsp3) is 0.333. The van der Waals surface area contributed by atoms with E-state index in [9.17, 15) is 4.79 Å². The van der Waals surface area contributed by atoms with E-state index < -0.39 is 0 Å². The first-order chi connectivity index (χ1) is 16.5. The van der Waals surface area contributed by atoms with Gasteiger partial charge in [0.15, 0.2) is 0 Å². The van der Waals surface area contributed by atoms with Crippen molar-refractivity contribution in [1.29, 1.82) is 0 Å². The molecule has 0 radical (unpaired) electrons. The number of likely N-dealkylation sites (tertiary alicyclic amines) is 1. The first-order valence-electron chi connectivity index (χ1n) is 11.6. The number of carbonyl (C=O) groups is 1. The van der Waals surface area contributed by atoms with Gasteiger partial charge in [-0.3, -0.25) is 14.7 Å². The third-order valence-electron chi connectivity index (χ3n) is 6.26. The average molecular weight is 498 g/mol. The van der Waals surface area contributed by atoms with Crippen molar-refractivity contribution >= 4 is 29.1 Å². The number of ether oxygens (including phenoxy) is 1. The van der Waals surface area contributed by atoms with Crippen LogP contribution in [0.15, 0.2) is 66.9 Å². The van der Waals surface area contributed by atoms with Crippen molar-refractivity contribution in [3.8, 4) is 5.75 Å². The molecule has 7 heteroatoms. The van der Waals surface area contributed by atoms with Crippen molar-refractivity contribution in [2.75, 3.05) is 26.2 Å². The van der Waals surface area contributed by atoms with E-state index in [2.05, 4.69) is 15.2 Å². The molecule has 1 saturated heterocycles. The van der Waals surface area contributed by atoms with Crippen LogP contribution in [0, 0.1) is 12.8 Å². The van der Waals surface area contributed by atoms with E-state index in [0.29, 0.717) is 22.4 Å². The highest BCUT2D eigenvalue weighted by molar-refractivity contribution is 6.35. The molecule has 2 aromatic carbocycles. The van der Waals surface area contributed by atoms with E-state index in [1.165, 1.54) is 0 Å². The van der Waals surface area contributed by atoms with Crippen LogP contribution in [0.5, 0.6) is 5.75 Å². The maximum absolute atomic E-state index is 13.2. The lowest BCUT2D eigenvalue weighted by molar-refractivity contribution is -0.127. The summed E-state index contributed by atoms with van der Waals surface area (Å²) < 4.78 is 5.81. The second-order valence-corrected chi connectivity index (χ2v) is 9.44. The number of hydrogen-bond donors (Lipinski definition) is 1. The highest BCUT2D eigenvalue weighted by Crippen LogP contribution is 2.28. The van der Waals surface area contributed by atoms with Crippen molar-refractivity contribution in [3.63, 3.8) is 0 Å². The Bertz CT molecular complexity index is 1100. The summed E-state index contributed by atoms with van der Waals surface area (Å²) in [5.74, 6) is 0.706. The van der Waals surface area contributed by atoms with Gasteiger partial charge in [0.2, 0.25) is 5.91 Å². The number of piperidine rings is 1. The van der Waals surface area contributed by atoms with Crippen LogP contribution in [0.25, 0.3) is 0 Å². The minimum Gasteiger partial charge on any atom is -0.491 e. The Balaban J connectivity index is 1.31. The summed E-state index contributed by atoms with van der Waals surface area (Å²) in [5, 5.41) is 4.38. The molecule has 0 spiro atoms. The van der Waals surface area contributed by atoms with E-state index in [1.807, 2.05) is 49.4 Å². The van der Waals surface area contributed by atoms with E-state index in [-0.39, 0.29) is 17.9 Å². The summed E-state index contributed by atoms with van der Waals surface area (Å²) in [5.41, 5.74) is 2.98. The Labute approximate surface area is 211 Å². The molecule has 5 nitrogen and oxygen atoms in total. The Hall–Kier alpha value is -2.60. The molecule has 0 bridgehead atoms. The largest absolute Gasteiger partial charge is 0.491 e. The number of amides is 1. The molecule has 0 saturated carbocycles. The van der Waals surface area contributed by atoms with Gasteiger partial charge in [0, 0.05) is 23.7 Å². The standard InChI is InChI=1S/C27H29Cl2N3O2/c1-19-6-5-13-30-25(19)26(20-7-3-2-4-8-20)31-27(33)21-11-14-32(15-12-21)16-17-34-24-10-9-22(28)18-23(24)29/h2-10,13,18,21,26H,11-12,14-17H2,1H3,(H,31,33). The second-order valence-electron chi connectivity index (χ2n) is 8.60. The number of aryl methyl sites for hydroxylation is 1. The van der Waals surface area contributed by atoms with Gasteiger partial charge in [0.1, 0.15) is 12.4 Å². The van der Waals surface area contributed by atoms with E-state index in [4.69, 9.17) is 27.9 Å². The van der Waals surface area contributed by atoms with Crippen LogP contribution in [0.2, 0.25) is 10.0 Å². The molecule has 1 aliphatic heterocycles. The van der Waals surface area contributed by atoms with Crippen LogP contribution in [0.1, 0.15) is 35.7 Å². The Morgan fingerprint density at radius 3 is 2.59 bits per heavy atom. The summed E-state index contributed by atoms with van der Waals surface area (Å²) in [4.78, 5) is 20.1. The van der Waals surface area contributed by atoms with Crippen LogP contribution >= 0.6 is 23.2 Å². The zero-order valence-electron chi connectivity index (χ0n) is 19.2. The molecule has 1 aromatic heterocycles. The normalized spacial score (nSPS) is 15.6. The number of hydrogen-bond acceptors (Lipinski definition) is 4. The Kier molecular flexibility index (Phi) is 8.44. The maximum Gasteiger partial charge on any atom is 0.224 e. The predicted octanol–water partition coefficient (Wildman–Crippen LogP) is 5.69. The van der Waals surface area contributed by atoms with Gasteiger partial charge in [-0.1, -0.05) is 59.6 Å². The SMILES string of the molecule is Cc1cccnc1C(NC(=O)C1CCN(CCOc2ccc(Cl)cc2Cl)CC1)c1ccccc1. The molecule has 1 amide bonds. The molecule has 1 atom stereocenters. The van der Waals surface area contributed by atoms with Crippen molar-refractivity contribution in [2.24, 2.45) is 5.92 Å². The average Bonchev–Trinajstić information content (AvgIpc) is 2.85. The number of aromatic nitrogens is 1. The Morgan fingerprint density at radius 1 is 1.12 bits per heavy atom. The molecule has 3 aromatic rings. The number of nitrogens with zero attached hydrogens (tertiary/aromatic N) is 2. The van der Waals surface area contributed by atoms with E-state index in [1.54, 1.807) is 24.4 Å². The summed E-state index contributed by atoms with van der Waals surface area (Å²) in [6.07, 6.45) is 3.41. The van der Waals surface area contributed by atoms with Crippen LogP contribution < -0.4 is 10.1 Å². The topological polar surface area (TPSA) is 54.5 Å². The third kappa shape index (κ3) is 6.29. The molecule has 1 unspecified atom stereocenters. The Morgan fingerprint density at radius 2 is 1.88 bits per heavy atom. The number of halogens is 2. The van der Waals surface area contributed by atoms with Crippen molar-refractivity contribution in [3.05, 3.63) is 93.7 Å². The van der Waals surface area contributed by atoms with Gasteiger partial charge in [0.25, 0.3) is 0 Å². The molecule has 178 valence electrons. The lowest BCUT2D eigenvalue weighted by atomic mass is 9.94. The number of pyridine rings is 1. The fourth-order valence-corrected chi connectivity index (χ4v) is 4.77. The van der Waals surface area contributed by atoms with Crippen LogP contribution in [0.4, 0.5) is 0 Å². The van der Waals surface area contributed by atoms with Gasteiger partial charge in [-0.05, 0) is 68.2 Å². The number of nitrogens with one attached hydrogen (secondary N) is 1. The molecule has 4 rings (SSSR count). The second kappa shape index (κ2) is 11.7. The highest BCUT2D eigenvalue weighted by atomic mass is 35.5. The molecule has 2 heterocycles. The molecule has 34 heavy (non-hydrogen) atoms. The zero-order chi connectivity index (χ0) is 23.9. The lowest BCUT2D eigenvalue weighted by Crippen LogP contribution is -2.43. The van der Waals surface area contributed by atoms with Crippen LogP contribution in [-0.2, 0) is 4.79 Å². The zero-order valence-corrected chi connectivity index (χ0v) is 20.7. The molecule has 1 aliphatic rings. The first kappa shape index (κ1) is 24.5. The first-order valence-corrected chi connectivity index (χ1v) is 12.3. The quantitative estimate of drug-likeness (QED) is 0.434. The highest BCUT2D eigenvalue weighted by Gasteiger charge is 2.28. The van der Waals surface area contributed by atoms with Crippen molar-refractivity contribution in [1.82, 2.24) is 15.2 Å². The minimum atomic E-state index is -0.259. The van der Waals surface area contributed by atoms with E-state index in [0.717, 1.165) is 49.3 Å². The monoisotopic (exact) mass is 497 g/mol. The maximum atomic E-state index is 13.2. The van der Waals surface area contributed by atoms with Gasteiger partial charge < -0.3 is 10.1 Å². The number of carbonyl (C=O) groups excluding carboxylic acids is 1. The van der Waals surface area contributed by atoms with Crippen molar-refractivity contribution < 1.29 is 9.53 Å². The van der Waals surface area contributed by atoms with Gasteiger partial charge in [0.05, 0.1) is 16.8 Å². The molecule has 1 fully saturated rings. The molecule has 0 aliphatic carbocycles. The van der Waals surface area contributed by atoms with Gasteiger partial charge in [-0.25, -0.2) is 0 Å². The van der Waals surface area contributed by atoms with E-state index >= 15 is 0 Å². The predicted molar refractivity (Wildman–Crippen MR) is 137 cm³/mol. The smallest absolute Gasteiger partial charge is 0.224 e. The summed E-state index contributed by atoms with van der Waals surface area (Å²) in [6, 6.07) is 19.0. The summed E-state index contributed by atoms with van der Waals surface area (Å²) in [6.45, 7) is 5.06. The molecular formula is C27H29Cl2N3O2. The van der Waals surface area contributed by atoms with Crippen LogP contribution in [0.3, 0.4) is 0 Å². The molecule has 1 N–H and O–H groups in total. The molecular weight excluding hydrogens is 469 g/mol. The minimum absolute atomic E-state index is 0.0156. The van der Waals surface area contributed by atoms with Crippen LogP contribution in [-0.4, -0.2) is 42.0 Å². The number of rotatable bonds is 8.